The van der Waals surface area contributed by atoms with Crippen LogP contribution in [0.2, 0.25) is 0 Å². The lowest BCUT2D eigenvalue weighted by Crippen LogP contribution is -2.45. The van der Waals surface area contributed by atoms with Crippen LogP contribution in [0.5, 0.6) is 0 Å². The maximum absolute atomic E-state index is 12.1. The maximum atomic E-state index is 12.1. The van der Waals surface area contributed by atoms with E-state index < -0.39 is 6.10 Å². The number of amides is 1. The van der Waals surface area contributed by atoms with Gasteiger partial charge in [0, 0.05) is 39.3 Å². The molecule has 1 aliphatic heterocycles. The number of hydrogen-bond acceptors (Lipinski definition) is 5. The summed E-state index contributed by atoms with van der Waals surface area (Å²) in [7, 11) is 1.67. The number of furan rings is 1. The molecule has 0 aromatic carbocycles. The average molecular weight is 347 g/mol. The fraction of sp³-hybridized carbons (Fsp3) is 0.615. The van der Waals surface area contributed by atoms with Crippen LogP contribution in [-0.4, -0.2) is 73.4 Å². The first-order valence-corrected chi connectivity index (χ1v) is 7.33. The van der Waals surface area contributed by atoms with Crippen molar-refractivity contribution in [3.05, 3.63) is 22.6 Å². The second kappa shape index (κ2) is 7.21. The maximum Gasteiger partial charge on any atom is 0.256 e. The van der Waals surface area contributed by atoms with Gasteiger partial charge < -0.3 is 19.2 Å². The first kappa shape index (κ1) is 15.5. The number of carbonyl (C=O) groups is 1. The molecule has 7 heteroatoms. The summed E-state index contributed by atoms with van der Waals surface area (Å²) < 4.78 is 10.8. The van der Waals surface area contributed by atoms with E-state index in [4.69, 9.17) is 9.15 Å². The number of nitrogens with zero attached hydrogens (tertiary/aromatic N) is 2. The van der Waals surface area contributed by atoms with Crippen molar-refractivity contribution in [2.45, 2.75) is 6.10 Å². The number of carbonyl (C=O) groups excluding carboxylic acids is 1. The molecule has 2 rings (SSSR count). The molecule has 20 heavy (non-hydrogen) atoms. The zero-order valence-electron chi connectivity index (χ0n) is 11.4. The fourth-order valence-electron chi connectivity index (χ4n) is 2.18. The van der Waals surface area contributed by atoms with E-state index in [0.717, 1.165) is 13.1 Å². The first-order valence-electron chi connectivity index (χ1n) is 6.54. The Labute approximate surface area is 126 Å². The minimum absolute atomic E-state index is 0.166. The number of ether oxygens (including phenoxy) is 1. The SMILES string of the molecule is CN(CC(O)CN1CCOCC1)C(=O)c1coc(Br)c1. The van der Waals surface area contributed by atoms with Crippen molar-refractivity contribution in [3.63, 3.8) is 0 Å². The van der Waals surface area contributed by atoms with Gasteiger partial charge in [-0.1, -0.05) is 0 Å². The number of halogens is 1. The molecule has 0 bridgehead atoms. The number of morpholine rings is 1. The highest BCUT2D eigenvalue weighted by molar-refractivity contribution is 9.10. The predicted octanol–water partition coefficient (Wildman–Crippen LogP) is 0.807. The third kappa shape index (κ3) is 4.31. The minimum Gasteiger partial charge on any atom is -0.457 e. The van der Waals surface area contributed by atoms with Crippen LogP contribution in [0.15, 0.2) is 21.4 Å². The van der Waals surface area contributed by atoms with Gasteiger partial charge in [0.1, 0.15) is 6.26 Å². The number of likely N-dealkylation sites (N-methyl/N-ethyl adjacent to an activating group) is 1. The van der Waals surface area contributed by atoms with Gasteiger partial charge in [0.05, 0.1) is 24.9 Å². The summed E-state index contributed by atoms with van der Waals surface area (Å²) >= 11 is 3.16. The Bertz CT molecular complexity index is 445. The van der Waals surface area contributed by atoms with E-state index in [9.17, 15) is 9.90 Å². The van der Waals surface area contributed by atoms with Gasteiger partial charge in [-0.05, 0) is 15.9 Å². The van der Waals surface area contributed by atoms with Gasteiger partial charge in [0.25, 0.3) is 5.91 Å². The highest BCUT2D eigenvalue weighted by Crippen LogP contribution is 2.15. The van der Waals surface area contributed by atoms with Gasteiger partial charge in [-0.15, -0.1) is 0 Å². The molecular formula is C13H19BrN2O4. The van der Waals surface area contributed by atoms with Crippen LogP contribution in [0.4, 0.5) is 0 Å². The predicted molar refractivity (Wildman–Crippen MR) is 76.6 cm³/mol. The normalized spacial score (nSPS) is 17.9. The number of hydrogen-bond donors (Lipinski definition) is 1. The summed E-state index contributed by atoms with van der Waals surface area (Å²) in [4.78, 5) is 15.7. The molecule has 0 radical (unpaired) electrons. The van der Waals surface area contributed by atoms with Crippen LogP contribution < -0.4 is 0 Å². The highest BCUT2D eigenvalue weighted by atomic mass is 79.9. The van der Waals surface area contributed by atoms with E-state index >= 15 is 0 Å². The molecule has 2 heterocycles. The number of β-amino-alcohol motifs (C(OH)–C–C–N with tert-alkyl or cyclic N) is 1. The molecule has 112 valence electrons. The summed E-state index contributed by atoms with van der Waals surface area (Å²) in [5.74, 6) is -0.166. The Balaban J connectivity index is 1.80. The summed E-state index contributed by atoms with van der Waals surface area (Å²) in [6, 6.07) is 1.62. The van der Waals surface area contributed by atoms with Crippen molar-refractivity contribution in [2.75, 3.05) is 46.4 Å². The fourth-order valence-corrected chi connectivity index (χ4v) is 2.52. The molecule has 1 aliphatic rings. The van der Waals surface area contributed by atoms with Crippen LogP contribution in [0.3, 0.4) is 0 Å². The molecule has 1 fully saturated rings. The topological polar surface area (TPSA) is 66.2 Å². The van der Waals surface area contributed by atoms with Crippen molar-refractivity contribution >= 4 is 21.8 Å². The second-order valence-corrected chi connectivity index (χ2v) is 5.67. The summed E-state index contributed by atoms with van der Waals surface area (Å²) in [6.07, 6.45) is 0.828. The monoisotopic (exact) mass is 346 g/mol. The van der Waals surface area contributed by atoms with Crippen LogP contribution in [0.1, 0.15) is 10.4 Å². The molecule has 1 unspecified atom stereocenters. The van der Waals surface area contributed by atoms with Crippen molar-refractivity contribution in [3.8, 4) is 0 Å². The van der Waals surface area contributed by atoms with E-state index in [0.29, 0.717) is 36.5 Å². The molecule has 1 atom stereocenters. The molecule has 1 saturated heterocycles. The van der Waals surface area contributed by atoms with Gasteiger partial charge in [0.2, 0.25) is 0 Å². The quantitative estimate of drug-likeness (QED) is 0.854. The lowest BCUT2D eigenvalue weighted by atomic mass is 10.2. The van der Waals surface area contributed by atoms with Gasteiger partial charge in [0.15, 0.2) is 4.67 Å². The number of rotatable bonds is 5. The summed E-state index contributed by atoms with van der Waals surface area (Å²) in [5.41, 5.74) is 0.470. The zero-order valence-corrected chi connectivity index (χ0v) is 13.0. The van der Waals surface area contributed by atoms with Gasteiger partial charge in [-0.2, -0.15) is 0 Å². The Hall–Kier alpha value is -0.890. The van der Waals surface area contributed by atoms with E-state index in [1.165, 1.54) is 11.2 Å². The van der Waals surface area contributed by atoms with E-state index in [-0.39, 0.29) is 5.91 Å². The van der Waals surface area contributed by atoms with Crippen molar-refractivity contribution in [1.29, 1.82) is 0 Å². The second-order valence-electron chi connectivity index (χ2n) is 4.89. The van der Waals surface area contributed by atoms with Crippen LogP contribution in [0.25, 0.3) is 0 Å². The third-order valence-electron chi connectivity index (χ3n) is 3.22. The lowest BCUT2D eigenvalue weighted by Gasteiger charge is -2.30. The molecular weight excluding hydrogens is 328 g/mol. The molecule has 1 amide bonds. The molecule has 6 nitrogen and oxygen atoms in total. The first-order chi connectivity index (χ1) is 9.56. The third-order valence-corrected chi connectivity index (χ3v) is 3.63. The number of aliphatic hydroxyl groups is 1. The average Bonchev–Trinajstić information content (AvgIpc) is 2.85. The lowest BCUT2D eigenvalue weighted by molar-refractivity contribution is 0.00878. The van der Waals surface area contributed by atoms with Crippen LogP contribution in [0, 0.1) is 0 Å². The van der Waals surface area contributed by atoms with Crippen molar-refractivity contribution < 1.29 is 19.1 Å². The molecule has 0 aliphatic carbocycles. The Morgan fingerprint density at radius 1 is 1.55 bits per heavy atom. The molecule has 1 N–H and O–H groups in total. The van der Waals surface area contributed by atoms with Gasteiger partial charge in [-0.3, -0.25) is 9.69 Å². The highest BCUT2D eigenvalue weighted by Gasteiger charge is 2.20. The Morgan fingerprint density at radius 3 is 2.85 bits per heavy atom. The molecule has 1 aromatic rings. The Kier molecular flexibility index (Phi) is 5.59. The van der Waals surface area contributed by atoms with Crippen molar-refractivity contribution in [1.82, 2.24) is 9.80 Å². The van der Waals surface area contributed by atoms with Crippen molar-refractivity contribution in [2.24, 2.45) is 0 Å². The summed E-state index contributed by atoms with van der Waals surface area (Å²) in [5, 5.41) is 10.1. The molecule has 0 saturated carbocycles. The van der Waals surface area contributed by atoms with Crippen LogP contribution in [-0.2, 0) is 4.74 Å². The van der Waals surface area contributed by atoms with E-state index in [1.807, 2.05) is 0 Å². The largest absolute Gasteiger partial charge is 0.457 e. The molecule has 1 aromatic heterocycles. The van der Waals surface area contributed by atoms with Crippen LogP contribution >= 0.6 is 15.9 Å². The molecule has 0 spiro atoms. The Morgan fingerprint density at radius 2 is 2.25 bits per heavy atom. The number of aliphatic hydroxyl groups excluding tert-OH is 1. The smallest absolute Gasteiger partial charge is 0.256 e. The van der Waals surface area contributed by atoms with E-state index in [1.54, 1.807) is 13.1 Å². The van der Waals surface area contributed by atoms with E-state index in [2.05, 4.69) is 20.8 Å². The summed E-state index contributed by atoms with van der Waals surface area (Å²) in [6.45, 7) is 3.89. The van der Waals surface area contributed by atoms with Gasteiger partial charge >= 0.3 is 0 Å². The standard InChI is InChI=1S/C13H19BrN2O4/c1-15(13(18)10-6-12(14)20-9-10)7-11(17)8-16-2-4-19-5-3-16/h6,9,11,17H,2-5,7-8H2,1H3. The van der Waals surface area contributed by atoms with Gasteiger partial charge in [-0.25, -0.2) is 0 Å². The minimum atomic E-state index is -0.572. The zero-order chi connectivity index (χ0) is 14.5.